The van der Waals surface area contributed by atoms with Crippen molar-refractivity contribution in [2.24, 2.45) is 11.7 Å². The van der Waals surface area contributed by atoms with Gasteiger partial charge in [0.05, 0.1) is 12.3 Å². The number of nitrogens with one attached hydrogen (secondary N) is 1. The Bertz CT molecular complexity index is 650. The summed E-state index contributed by atoms with van der Waals surface area (Å²) in [6.07, 6.45) is 0.301. The number of aryl methyl sites for hydroxylation is 1. The molecule has 0 atom stereocenters. The number of benzene rings is 1. The highest BCUT2D eigenvalue weighted by atomic mass is 32.1. The Kier molecular flexibility index (Phi) is 6.12. The maximum absolute atomic E-state index is 11.6. The first kappa shape index (κ1) is 17.4. The third kappa shape index (κ3) is 5.04. The van der Waals surface area contributed by atoms with Gasteiger partial charge >= 0.3 is 0 Å². The molecule has 1 aromatic carbocycles. The third-order valence-corrected chi connectivity index (χ3v) is 4.01. The van der Waals surface area contributed by atoms with E-state index < -0.39 is 0 Å². The Balaban J connectivity index is 2.09. The maximum atomic E-state index is 11.6. The van der Waals surface area contributed by atoms with Gasteiger partial charge < -0.3 is 15.8 Å². The van der Waals surface area contributed by atoms with Gasteiger partial charge in [0, 0.05) is 23.4 Å². The van der Waals surface area contributed by atoms with Crippen molar-refractivity contribution in [3.63, 3.8) is 0 Å². The number of carbonyl (C=O) groups excluding carboxylic acids is 1. The van der Waals surface area contributed by atoms with E-state index in [1.165, 1.54) is 11.3 Å². The second-order valence-corrected chi connectivity index (χ2v) is 6.94. The topological polar surface area (TPSA) is 77.2 Å². The molecule has 3 N–H and O–H groups in total. The van der Waals surface area contributed by atoms with E-state index in [0.29, 0.717) is 30.6 Å². The second-order valence-electron chi connectivity index (χ2n) is 5.74. The van der Waals surface area contributed by atoms with Crippen LogP contribution in [0.1, 0.15) is 25.1 Å². The minimum absolute atomic E-state index is 0.106. The third-order valence-electron chi connectivity index (χ3n) is 3.13. The van der Waals surface area contributed by atoms with E-state index in [4.69, 9.17) is 10.5 Å². The Morgan fingerprint density at radius 3 is 2.65 bits per heavy atom. The van der Waals surface area contributed by atoms with Crippen LogP contribution in [0.25, 0.3) is 11.3 Å². The van der Waals surface area contributed by atoms with Gasteiger partial charge in [0.2, 0.25) is 5.91 Å². The molecule has 1 aromatic heterocycles. The molecule has 2 rings (SSSR count). The van der Waals surface area contributed by atoms with Gasteiger partial charge in [-0.05, 0) is 37.1 Å². The Labute approximate surface area is 140 Å². The fraction of sp³-hybridized carbons (Fsp3) is 0.412. The molecule has 1 amide bonds. The molecular weight excluding hydrogens is 310 g/mol. The van der Waals surface area contributed by atoms with Crippen LogP contribution in [-0.4, -0.2) is 24.0 Å². The number of rotatable bonds is 7. The molecule has 1 heterocycles. The molecule has 0 aliphatic rings. The number of carbonyl (C=O) groups is 1. The molecule has 0 aliphatic heterocycles. The van der Waals surface area contributed by atoms with Crippen LogP contribution in [-0.2, 0) is 4.79 Å². The number of aromatic nitrogens is 1. The predicted molar refractivity (Wildman–Crippen MR) is 94.9 cm³/mol. The van der Waals surface area contributed by atoms with Gasteiger partial charge in [-0.15, -0.1) is 11.3 Å². The fourth-order valence-electron chi connectivity index (χ4n) is 2.00. The molecule has 0 radical (unpaired) electrons. The van der Waals surface area contributed by atoms with Gasteiger partial charge in [0.15, 0.2) is 5.13 Å². The smallest absolute Gasteiger partial charge is 0.227 e. The molecule has 2 aromatic rings. The monoisotopic (exact) mass is 333 g/mol. The molecular formula is C17H23N3O2S. The van der Waals surface area contributed by atoms with Crippen molar-refractivity contribution in [2.75, 3.05) is 18.5 Å². The normalized spacial score (nSPS) is 10.8. The van der Waals surface area contributed by atoms with Gasteiger partial charge in [0.25, 0.3) is 0 Å². The molecule has 0 saturated carbocycles. The lowest BCUT2D eigenvalue weighted by Crippen LogP contribution is -2.15. The lowest BCUT2D eigenvalue weighted by atomic mass is 10.1. The molecule has 5 nitrogen and oxygen atoms in total. The average molecular weight is 333 g/mol. The number of nitrogens with two attached hydrogens (primary N) is 1. The van der Waals surface area contributed by atoms with Crippen molar-refractivity contribution < 1.29 is 9.53 Å². The lowest BCUT2D eigenvalue weighted by Gasteiger charge is -2.08. The van der Waals surface area contributed by atoms with Gasteiger partial charge in [-0.3, -0.25) is 4.79 Å². The highest BCUT2D eigenvalue weighted by Gasteiger charge is 2.12. The summed E-state index contributed by atoms with van der Waals surface area (Å²) in [7, 11) is 0. The molecule has 0 fully saturated rings. The molecule has 6 heteroatoms. The summed E-state index contributed by atoms with van der Waals surface area (Å²) < 4.78 is 5.69. The van der Waals surface area contributed by atoms with E-state index in [1.54, 1.807) is 0 Å². The lowest BCUT2D eigenvalue weighted by molar-refractivity contribution is -0.116. The summed E-state index contributed by atoms with van der Waals surface area (Å²) >= 11 is 1.47. The summed E-state index contributed by atoms with van der Waals surface area (Å²) in [6, 6.07) is 7.87. The van der Waals surface area contributed by atoms with Gasteiger partial charge in [0.1, 0.15) is 5.75 Å². The van der Waals surface area contributed by atoms with E-state index in [-0.39, 0.29) is 5.91 Å². The van der Waals surface area contributed by atoms with Gasteiger partial charge in [-0.25, -0.2) is 4.98 Å². The molecule has 23 heavy (non-hydrogen) atoms. The zero-order chi connectivity index (χ0) is 16.8. The highest BCUT2D eigenvalue weighted by Crippen LogP contribution is 2.31. The van der Waals surface area contributed by atoms with E-state index in [0.717, 1.165) is 21.9 Å². The van der Waals surface area contributed by atoms with Crippen molar-refractivity contribution in [2.45, 2.75) is 27.2 Å². The minimum atomic E-state index is -0.106. The standard InChI is InChI=1S/C17H23N3O2S/c1-11(2)10-22-14-6-4-13(5-7-14)16-12(3)23-17(20-16)19-15(21)8-9-18/h4-7,11H,8-10,18H2,1-3H3,(H,19,20,21). The molecule has 0 aliphatic carbocycles. The van der Waals surface area contributed by atoms with E-state index in [2.05, 4.69) is 24.1 Å². The van der Waals surface area contributed by atoms with Crippen LogP contribution in [0.2, 0.25) is 0 Å². The number of anilines is 1. The quantitative estimate of drug-likeness (QED) is 0.813. The molecule has 0 bridgehead atoms. The Hall–Kier alpha value is -1.92. The first-order valence-corrected chi connectivity index (χ1v) is 8.51. The maximum Gasteiger partial charge on any atom is 0.227 e. The Morgan fingerprint density at radius 2 is 2.04 bits per heavy atom. The largest absolute Gasteiger partial charge is 0.493 e. The molecule has 124 valence electrons. The van der Waals surface area contributed by atoms with Crippen LogP contribution < -0.4 is 15.8 Å². The minimum Gasteiger partial charge on any atom is -0.493 e. The van der Waals surface area contributed by atoms with Crippen molar-refractivity contribution in [1.82, 2.24) is 4.98 Å². The zero-order valence-corrected chi connectivity index (χ0v) is 14.6. The molecule has 0 saturated heterocycles. The predicted octanol–water partition coefficient (Wildman–Crippen LogP) is 3.44. The summed E-state index contributed by atoms with van der Waals surface area (Å²) in [5.41, 5.74) is 7.27. The number of hydrogen-bond donors (Lipinski definition) is 2. The summed E-state index contributed by atoms with van der Waals surface area (Å²) in [5, 5.41) is 3.39. The fourth-order valence-corrected chi connectivity index (χ4v) is 2.85. The number of hydrogen-bond acceptors (Lipinski definition) is 5. The second kappa shape index (κ2) is 8.08. The summed E-state index contributed by atoms with van der Waals surface area (Å²) in [6.45, 7) is 7.27. The number of nitrogens with zero attached hydrogens (tertiary/aromatic N) is 1. The first-order valence-electron chi connectivity index (χ1n) is 7.70. The van der Waals surface area contributed by atoms with Crippen molar-refractivity contribution >= 4 is 22.4 Å². The van der Waals surface area contributed by atoms with E-state index >= 15 is 0 Å². The SMILES string of the molecule is Cc1sc(NC(=O)CCN)nc1-c1ccc(OCC(C)C)cc1. The number of amides is 1. The van der Waals surface area contributed by atoms with Gasteiger partial charge in [-0.2, -0.15) is 0 Å². The van der Waals surface area contributed by atoms with Crippen LogP contribution in [0.15, 0.2) is 24.3 Å². The van der Waals surface area contributed by atoms with Crippen LogP contribution in [0.5, 0.6) is 5.75 Å². The summed E-state index contributed by atoms with van der Waals surface area (Å²) in [5.74, 6) is 1.24. The first-order chi connectivity index (χ1) is 11.0. The molecule has 0 unspecified atom stereocenters. The van der Waals surface area contributed by atoms with Crippen LogP contribution in [0, 0.1) is 12.8 Å². The van der Waals surface area contributed by atoms with Crippen LogP contribution >= 0.6 is 11.3 Å². The van der Waals surface area contributed by atoms with Crippen LogP contribution in [0.4, 0.5) is 5.13 Å². The van der Waals surface area contributed by atoms with Crippen molar-refractivity contribution in [1.29, 1.82) is 0 Å². The van der Waals surface area contributed by atoms with E-state index in [1.807, 2.05) is 31.2 Å². The van der Waals surface area contributed by atoms with Gasteiger partial charge in [-0.1, -0.05) is 13.8 Å². The summed E-state index contributed by atoms with van der Waals surface area (Å²) in [4.78, 5) is 17.2. The van der Waals surface area contributed by atoms with E-state index in [9.17, 15) is 4.79 Å². The van der Waals surface area contributed by atoms with Crippen molar-refractivity contribution in [3.05, 3.63) is 29.1 Å². The number of ether oxygens (including phenoxy) is 1. The average Bonchev–Trinajstić information content (AvgIpc) is 2.86. The van der Waals surface area contributed by atoms with Crippen LogP contribution in [0.3, 0.4) is 0 Å². The zero-order valence-electron chi connectivity index (χ0n) is 13.8. The highest BCUT2D eigenvalue weighted by molar-refractivity contribution is 7.16. The number of thiazole rings is 1. The van der Waals surface area contributed by atoms with Crippen molar-refractivity contribution in [3.8, 4) is 17.0 Å². The Morgan fingerprint density at radius 1 is 1.35 bits per heavy atom. The molecule has 0 spiro atoms.